The molecule has 56 valence electrons. The molecule has 2 nitrogen and oxygen atoms in total. The highest BCUT2D eigenvalue weighted by Gasteiger charge is 2.16. The molecule has 10 heavy (non-hydrogen) atoms. The molecule has 0 bridgehead atoms. The van der Waals surface area contributed by atoms with Crippen LogP contribution in [0.4, 0.5) is 0 Å². The second kappa shape index (κ2) is 3.40. The molecule has 2 heteroatoms. The van der Waals surface area contributed by atoms with Crippen molar-refractivity contribution in [3.8, 4) is 0 Å². The fourth-order valence-corrected chi connectivity index (χ4v) is 1.29. The summed E-state index contributed by atoms with van der Waals surface area (Å²) < 4.78 is 2.33. The largest absolute Gasteiger partial charge is 0.274 e. The SMILES string of the molecule is C=CC[N+]1=C(CC)NCC1. The summed E-state index contributed by atoms with van der Waals surface area (Å²) in [7, 11) is 0. The van der Waals surface area contributed by atoms with Gasteiger partial charge in [0.15, 0.2) is 0 Å². The normalized spacial score (nSPS) is 17.3. The lowest BCUT2D eigenvalue weighted by Crippen LogP contribution is -2.21. The van der Waals surface area contributed by atoms with Gasteiger partial charge in [-0.1, -0.05) is 19.6 Å². The first-order valence-electron chi connectivity index (χ1n) is 3.84. The van der Waals surface area contributed by atoms with Crippen LogP contribution in [0.5, 0.6) is 0 Å². The Hall–Kier alpha value is -0.790. The highest BCUT2D eigenvalue weighted by molar-refractivity contribution is 5.77. The van der Waals surface area contributed by atoms with Crippen molar-refractivity contribution in [2.75, 3.05) is 19.6 Å². The van der Waals surface area contributed by atoms with Crippen LogP contribution in [0.1, 0.15) is 13.3 Å². The van der Waals surface area contributed by atoms with Crippen LogP contribution in [0.3, 0.4) is 0 Å². The van der Waals surface area contributed by atoms with E-state index in [2.05, 4.69) is 23.4 Å². The summed E-state index contributed by atoms with van der Waals surface area (Å²) in [4.78, 5) is 0. The smallest absolute Gasteiger partial charge is 0.244 e. The molecule has 1 aliphatic rings. The molecule has 1 N–H and O–H groups in total. The Labute approximate surface area is 62.3 Å². The van der Waals surface area contributed by atoms with Gasteiger partial charge in [-0.2, -0.15) is 0 Å². The molecule has 1 aliphatic heterocycles. The molecule has 0 spiro atoms. The molecule has 0 unspecified atom stereocenters. The van der Waals surface area contributed by atoms with Crippen molar-refractivity contribution in [3.63, 3.8) is 0 Å². The Bertz CT molecular complexity index is 159. The molecule has 0 aliphatic carbocycles. The maximum atomic E-state index is 3.71. The monoisotopic (exact) mass is 139 g/mol. The molecular weight excluding hydrogens is 124 g/mol. The van der Waals surface area contributed by atoms with Gasteiger partial charge in [0, 0.05) is 6.42 Å². The Balaban J connectivity index is 2.58. The van der Waals surface area contributed by atoms with Gasteiger partial charge in [0.2, 0.25) is 5.84 Å². The third kappa shape index (κ3) is 1.38. The van der Waals surface area contributed by atoms with Gasteiger partial charge in [-0.05, 0) is 0 Å². The minimum Gasteiger partial charge on any atom is -0.274 e. The summed E-state index contributed by atoms with van der Waals surface area (Å²) >= 11 is 0. The van der Waals surface area contributed by atoms with Crippen molar-refractivity contribution in [1.82, 2.24) is 5.32 Å². The summed E-state index contributed by atoms with van der Waals surface area (Å²) in [6, 6.07) is 0. The molecule has 0 fully saturated rings. The van der Waals surface area contributed by atoms with E-state index in [1.165, 1.54) is 5.84 Å². The Morgan fingerprint density at radius 1 is 1.80 bits per heavy atom. The van der Waals surface area contributed by atoms with E-state index < -0.39 is 0 Å². The van der Waals surface area contributed by atoms with E-state index in [9.17, 15) is 0 Å². The predicted molar refractivity (Wildman–Crippen MR) is 43.5 cm³/mol. The molecule has 0 radical (unpaired) electrons. The summed E-state index contributed by atoms with van der Waals surface area (Å²) in [6.45, 7) is 9.09. The number of nitrogens with one attached hydrogen (secondary N) is 1. The van der Waals surface area contributed by atoms with E-state index in [0.29, 0.717) is 0 Å². The molecular formula is C8H15N2+. The van der Waals surface area contributed by atoms with Crippen molar-refractivity contribution in [2.24, 2.45) is 0 Å². The van der Waals surface area contributed by atoms with E-state index in [4.69, 9.17) is 0 Å². The fourth-order valence-electron chi connectivity index (χ4n) is 1.29. The van der Waals surface area contributed by atoms with Crippen LogP contribution in [-0.2, 0) is 0 Å². The highest BCUT2D eigenvalue weighted by atomic mass is 15.2. The standard InChI is InChI=1S/C8H14N2/c1-3-6-10-7-5-9-8(10)4-2/h3H,1,4-7H2,2H3/p+1. The predicted octanol–water partition coefficient (Wildman–Crippen LogP) is 0.597. The van der Waals surface area contributed by atoms with E-state index in [1.807, 2.05) is 6.08 Å². The topological polar surface area (TPSA) is 15.0 Å². The third-order valence-corrected chi connectivity index (χ3v) is 1.78. The maximum absolute atomic E-state index is 3.71. The fraction of sp³-hybridized carbons (Fsp3) is 0.625. The maximum Gasteiger partial charge on any atom is 0.244 e. The lowest BCUT2D eigenvalue weighted by molar-refractivity contribution is -0.508. The van der Waals surface area contributed by atoms with Crippen molar-refractivity contribution >= 4 is 5.84 Å². The van der Waals surface area contributed by atoms with Gasteiger partial charge in [-0.25, -0.2) is 0 Å². The van der Waals surface area contributed by atoms with E-state index >= 15 is 0 Å². The average Bonchev–Trinajstić information content (AvgIpc) is 2.36. The van der Waals surface area contributed by atoms with Gasteiger partial charge >= 0.3 is 0 Å². The zero-order valence-corrected chi connectivity index (χ0v) is 6.56. The number of rotatable bonds is 3. The highest BCUT2D eigenvalue weighted by Crippen LogP contribution is 1.90. The summed E-state index contributed by atoms with van der Waals surface area (Å²) in [5.74, 6) is 1.36. The van der Waals surface area contributed by atoms with Gasteiger partial charge in [0.25, 0.3) is 0 Å². The van der Waals surface area contributed by atoms with Crippen LogP contribution in [-0.4, -0.2) is 30.0 Å². The number of hydrogen-bond donors (Lipinski definition) is 1. The minimum atomic E-state index is 0.982. The quantitative estimate of drug-likeness (QED) is 0.447. The lowest BCUT2D eigenvalue weighted by Gasteiger charge is -1.96. The number of hydrogen-bond acceptors (Lipinski definition) is 1. The molecule has 0 saturated heterocycles. The van der Waals surface area contributed by atoms with Gasteiger partial charge in [-0.15, -0.1) is 0 Å². The Morgan fingerprint density at radius 3 is 3.20 bits per heavy atom. The summed E-state index contributed by atoms with van der Waals surface area (Å²) in [5.41, 5.74) is 0. The van der Waals surface area contributed by atoms with Gasteiger partial charge in [0.1, 0.15) is 19.6 Å². The number of nitrogens with zero attached hydrogens (tertiary/aromatic N) is 1. The van der Waals surface area contributed by atoms with E-state index in [-0.39, 0.29) is 0 Å². The molecule has 1 heterocycles. The first kappa shape index (κ1) is 7.32. The van der Waals surface area contributed by atoms with Crippen LogP contribution in [0.25, 0.3) is 0 Å². The molecule has 0 amide bonds. The summed E-state index contributed by atoms with van der Waals surface area (Å²) in [5, 5.41) is 3.34. The lowest BCUT2D eigenvalue weighted by atomic mass is 10.4. The number of amidine groups is 1. The van der Waals surface area contributed by atoms with Gasteiger partial charge in [-0.3, -0.25) is 9.89 Å². The second-order valence-corrected chi connectivity index (χ2v) is 2.46. The molecule has 1 rings (SSSR count). The Morgan fingerprint density at radius 2 is 2.60 bits per heavy atom. The van der Waals surface area contributed by atoms with Crippen LogP contribution < -0.4 is 5.32 Å². The zero-order valence-electron chi connectivity index (χ0n) is 6.56. The summed E-state index contributed by atoms with van der Waals surface area (Å²) in [6.07, 6.45) is 3.05. The Kier molecular flexibility index (Phi) is 2.49. The minimum absolute atomic E-state index is 0.982. The molecule has 0 atom stereocenters. The van der Waals surface area contributed by atoms with Crippen LogP contribution in [0, 0.1) is 0 Å². The van der Waals surface area contributed by atoms with Crippen molar-refractivity contribution < 1.29 is 4.58 Å². The first-order valence-corrected chi connectivity index (χ1v) is 3.84. The van der Waals surface area contributed by atoms with E-state index in [0.717, 1.165) is 26.1 Å². The zero-order chi connectivity index (χ0) is 7.40. The third-order valence-electron chi connectivity index (χ3n) is 1.78. The van der Waals surface area contributed by atoms with Crippen LogP contribution in [0.15, 0.2) is 12.7 Å². The van der Waals surface area contributed by atoms with Crippen molar-refractivity contribution in [1.29, 1.82) is 0 Å². The van der Waals surface area contributed by atoms with Crippen molar-refractivity contribution in [2.45, 2.75) is 13.3 Å². The van der Waals surface area contributed by atoms with Gasteiger partial charge in [0.05, 0.1) is 0 Å². The van der Waals surface area contributed by atoms with Gasteiger partial charge < -0.3 is 0 Å². The molecule has 0 aromatic rings. The van der Waals surface area contributed by atoms with Crippen LogP contribution in [0.2, 0.25) is 0 Å². The molecule has 0 aromatic carbocycles. The molecule has 0 saturated carbocycles. The van der Waals surface area contributed by atoms with E-state index in [1.54, 1.807) is 0 Å². The molecule has 0 aromatic heterocycles. The average molecular weight is 139 g/mol. The second-order valence-electron chi connectivity index (χ2n) is 2.46. The first-order chi connectivity index (χ1) is 4.88. The van der Waals surface area contributed by atoms with Crippen molar-refractivity contribution in [3.05, 3.63) is 12.7 Å². The van der Waals surface area contributed by atoms with Crippen LogP contribution >= 0.6 is 0 Å².